The Balaban J connectivity index is 2.15. The van der Waals surface area contributed by atoms with Gasteiger partial charge in [0, 0.05) is 6.04 Å². The lowest BCUT2D eigenvalue weighted by atomic mass is 9.74. The molecule has 1 unspecified atom stereocenters. The fourth-order valence-electron chi connectivity index (χ4n) is 3.81. The summed E-state index contributed by atoms with van der Waals surface area (Å²) in [6, 6.07) is 9.13. The Morgan fingerprint density at radius 3 is 2.60 bits per heavy atom. The third-order valence-corrected chi connectivity index (χ3v) is 5.07. The molecule has 1 N–H and O–H groups in total. The molecule has 112 valence electrons. The summed E-state index contributed by atoms with van der Waals surface area (Å²) in [5, 5.41) is 3.76. The van der Waals surface area contributed by atoms with Gasteiger partial charge >= 0.3 is 0 Å². The van der Waals surface area contributed by atoms with Crippen molar-refractivity contribution in [1.29, 1.82) is 0 Å². The highest BCUT2D eigenvalue weighted by molar-refractivity contribution is 5.29. The molecule has 1 saturated carbocycles. The summed E-state index contributed by atoms with van der Waals surface area (Å²) in [5.74, 6) is 0.967. The topological polar surface area (TPSA) is 21.3 Å². The minimum Gasteiger partial charge on any atom is -0.497 e. The monoisotopic (exact) mass is 275 g/mol. The van der Waals surface area contributed by atoms with Gasteiger partial charge in [0.25, 0.3) is 0 Å². The summed E-state index contributed by atoms with van der Waals surface area (Å²) in [4.78, 5) is 0. The molecule has 1 aliphatic rings. The lowest BCUT2D eigenvalue weighted by Crippen LogP contribution is -2.45. The second-order valence-electron chi connectivity index (χ2n) is 6.09. The largest absolute Gasteiger partial charge is 0.497 e. The number of ether oxygens (including phenoxy) is 1. The minimum absolute atomic E-state index is 0.499. The van der Waals surface area contributed by atoms with E-state index in [1.807, 2.05) is 6.07 Å². The zero-order valence-electron chi connectivity index (χ0n) is 13.2. The first kappa shape index (κ1) is 15.4. The summed E-state index contributed by atoms with van der Waals surface area (Å²) in [5.41, 5.74) is 1.88. The number of nitrogens with one attached hydrogen (secondary N) is 1. The molecule has 0 amide bonds. The van der Waals surface area contributed by atoms with Crippen LogP contribution in [-0.2, 0) is 6.42 Å². The van der Waals surface area contributed by atoms with Crippen molar-refractivity contribution in [2.75, 3.05) is 13.7 Å². The quantitative estimate of drug-likeness (QED) is 0.806. The molecule has 0 radical (unpaired) electrons. The molecule has 2 nitrogen and oxygen atoms in total. The fourth-order valence-corrected chi connectivity index (χ4v) is 3.81. The third-order valence-electron chi connectivity index (χ3n) is 5.07. The van der Waals surface area contributed by atoms with Crippen molar-refractivity contribution >= 4 is 0 Å². The van der Waals surface area contributed by atoms with Gasteiger partial charge in [-0.3, -0.25) is 0 Å². The van der Waals surface area contributed by atoms with Crippen LogP contribution in [0.2, 0.25) is 0 Å². The second-order valence-corrected chi connectivity index (χ2v) is 6.09. The fraction of sp³-hybridized carbons (Fsp3) is 0.667. The molecular formula is C18H29NO. The van der Waals surface area contributed by atoms with Gasteiger partial charge in [-0.15, -0.1) is 0 Å². The second kappa shape index (κ2) is 7.12. The SMILES string of the molecule is CCNC(Cc1cccc(OC)c1)C1(CC)CCCC1. The van der Waals surface area contributed by atoms with E-state index in [1.165, 1.54) is 37.7 Å². The van der Waals surface area contributed by atoms with E-state index in [4.69, 9.17) is 4.74 Å². The van der Waals surface area contributed by atoms with Crippen LogP contribution in [0.5, 0.6) is 5.75 Å². The average Bonchev–Trinajstić information content (AvgIpc) is 2.97. The molecule has 1 aromatic carbocycles. The van der Waals surface area contributed by atoms with E-state index >= 15 is 0 Å². The number of benzene rings is 1. The van der Waals surface area contributed by atoms with Crippen molar-refractivity contribution in [2.24, 2.45) is 5.41 Å². The van der Waals surface area contributed by atoms with E-state index < -0.39 is 0 Å². The number of hydrogen-bond acceptors (Lipinski definition) is 2. The van der Waals surface area contributed by atoms with Gasteiger partial charge < -0.3 is 10.1 Å². The summed E-state index contributed by atoms with van der Waals surface area (Å²) < 4.78 is 5.35. The van der Waals surface area contributed by atoms with Crippen LogP contribution in [0.3, 0.4) is 0 Å². The maximum atomic E-state index is 5.35. The molecule has 2 heteroatoms. The standard InChI is InChI=1S/C18H29NO/c1-4-18(11-6-7-12-18)17(19-5-2)14-15-9-8-10-16(13-15)20-3/h8-10,13,17,19H,4-7,11-12,14H2,1-3H3. The van der Waals surface area contributed by atoms with Crippen molar-refractivity contribution in [3.8, 4) is 5.75 Å². The van der Waals surface area contributed by atoms with E-state index in [0.717, 1.165) is 18.7 Å². The van der Waals surface area contributed by atoms with Crippen LogP contribution in [0.15, 0.2) is 24.3 Å². The van der Waals surface area contributed by atoms with Crippen molar-refractivity contribution in [2.45, 2.75) is 58.4 Å². The predicted octanol–water partition coefficient (Wildman–Crippen LogP) is 4.19. The number of methoxy groups -OCH3 is 1. The molecule has 1 aliphatic carbocycles. The first-order chi connectivity index (χ1) is 9.74. The van der Waals surface area contributed by atoms with Crippen molar-refractivity contribution in [1.82, 2.24) is 5.32 Å². The molecule has 1 aromatic rings. The van der Waals surface area contributed by atoms with Gasteiger partial charge in [-0.25, -0.2) is 0 Å². The van der Waals surface area contributed by atoms with Gasteiger partial charge in [-0.2, -0.15) is 0 Å². The van der Waals surface area contributed by atoms with Gasteiger partial charge in [-0.1, -0.05) is 38.8 Å². The summed E-state index contributed by atoms with van der Waals surface area (Å²) in [7, 11) is 1.74. The van der Waals surface area contributed by atoms with Crippen molar-refractivity contribution < 1.29 is 4.74 Å². The predicted molar refractivity (Wildman–Crippen MR) is 85.4 cm³/mol. The van der Waals surface area contributed by atoms with Gasteiger partial charge in [-0.05, 0) is 55.3 Å². The van der Waals surface area contributed by atoms with Crippen LogP contribution in [-0.4, -0.2) is 19.7 Å². The van der Waals surface area contributed by atoms with E-state index in [9.17, 15) is 0 Å². The molecule has 0 heterocycles. The minimum atomic E-state index is 0.499. The Hall–Kier alpha value is -1.02. The number of hydrogen-bond donors (Lipinski definition) is 1. The van der Waals surface area contributed by atoms with Crippen LogP contribution >= 0.6 is 0 Å². The zero-order valence-corrected chi connectivity index (χ0v) is 13.2. The molecule has 20 heavy (non-hydrogen) atoms. The highest BCUT2D eigenvalue weighted by atomic mass is 16.5. The summed E-state index contributed by atoms with van der Waals surface area (Å²) in [6.07, 6.45) is 7.95. The zero-order chi connectivity index (χ0) is 14.4. The maximum absolute atomic E-state index is 5.35. The van der Waals surface area contributed by atoms with Gasteiger partial charge in [0.15, 0.2) is 0 Å². The molecule has 1 atom stereocenters. The Labute approximate surface area is 123 Å². The van der Waals surface area contributed by atoms with E-state index in [-0.39, 0.29) is 0 Å². The highest BCUT2D eigenvalue weighted by Gasteiger charge is 2.39. The van der Waals surface area contributed by atoms with E-state index in [1.54, 1.807) is 7.11 Å². The molecule has 1 fully saturated rings. The Bertz CT molecular complexity index is 410. The normalized spacial score (nSPS) is 18.9. The smallest absolute Gasteiger partial charge is 0.119 e. The van der Waals surface area contributed by atoms with Crippen molar-refractivity contribution in [3.05, 3.63) is 29.8 Å². The first-order valence-corrected chi connectivity index (χ1v) is 8.10. The lowest BCUT2D eigenvalue weighted by Gasteiger charge is -2.38. The van der Waals surface area contributed by atoms with Crippen LogP contribution in [0.4, 0.5) is 0 Å². The molecular weight excluding hydrogens is 246 g/mol. The summed E-state index contributed by atoms with van der Waals surface area (Å²) >= 11 is 0. The van der Waals surface area contributed by atoms with Gasteiger partial charge in [0.2, 0.25) is 0 Å². The maximum Gasteiger partial charge on any atom is 0.119 e. The highest BCUT2D eigenvalue weighted by Crippen LogP contribution is 2.44. The third kappa shape index (κ3) is 3.35. The van der Waals surface area contributed by atoms with Crippen LogP contribution in [0.25, 0.3) is 0 Å². The van der Waals surface area contributed by atoms with Crippen molar-refractivity contribution in [3.63, 3.8) is 0 Å². The van der Waals surface area contributed by atoms with E-state index in [2.05, 4.69) is 37.4 Å². The lowest BCUT2D eigenvalue weighted by molar-refractivity contribution is 0.186. The first-order valence-electron chi connectivity index (χ1n) is 8.10. The van der Waals surface area contributed by atoms with E-state index in [0.29, 0.717) is 11.5 Å². The van der Waals surface area contributed by atoms with Gasteiger partial charge in [0.05, 0.1) is 7.11 Å². The van der Waals surface area contributed by atoms with Crippen LogP contribution in [0.1, 0.15) is 51.5 Å². The Kier molecular flexibility index (Phi) is 5.47. The van der Waals surface area contributed by atoms with Crippen LogP contribution < -0.4 is 10.1 Å². The Morgan fingerprint density at radius 1 is 1.25 bits per heavy atom. The molecule has 0 saturated heterocycles. The molecule has 0 aromatic heterocycles. The molecule has 0 aliphatic heterocycles. The molecule has 2 rings (SSSR count). The molecule has 0 bridgehead atoms. The average molecular weight is 275 g/mol. The Morgan fingerprint density at radius 2 is 2.00 bits per heavy atom. The van der Waals surface area contributed by atoms with Crippen LogP contribution in [0, 0.1) is 5.41 Å². The van der Waals surface area contributed by atoms with Gasteiger partial charge in [0.1, 0.15) is 5.75 Å². The summed E-state index contributed by atoms with van der Waals surface area (Å²) in [6.45, 7) is 5.63. The number of likely N-dealkylation sites (N-methyl/N-ethyl adjacent to an activating group) is 1. The molecule has 0 spiro atoms. The number of rotatable bonds is 7.